The number of nitriles is 1. The van der Waals surface area contributed by atoms with Crippen molar-refractivity contribution in [2.45, 2.75) is 6.61 Å². The van der Waals surface area contributed by atoms with Gasteiger partial charge in [0.2, 0.25) is 0 Å². The molecule has 1 aliphatic rings. The van der Waals surface area contributed by atoms with Gasteiger partial charge in [0.05, 0.1) is 37.6 Å². The van der Waals surface area contributed by atoms with Crippen molar-refractivity contribution in [3.8, 4) is 11.8 Å². The molecule has 0 aromatic heterocycles. The predicted octanol–water partition coefficient (Wildman–Crippen LogP) is 1.92. The van der Waals surface area contributed by atoms with Gasteiger partial charge in [-0.05, 0) is 35.9 Å². The van der Waals surface area contributed by atoms with E-state index in [1.807, 2.05) is 47.4 Å². The Hall–Kier alpha value is -3.21. The topological polar surface area (TPSA) is 86.9 Å². The molecule has 0 spiro atoms. The van der Waals surface area contributed by atoms with E-state index in [9.17, 15) is 4.79 Å². The van der Waals surface area contributed by atoms with E-state index in [1.54, 1.807) is 12.3 Å². The number of nitrogens with zero attached hydrogens (tertiary/aromatic N) is 3. The summed E-state index contributed by atoms with van der Waals surface area (Å²) in [6, 6.07) is 16.9. The number of hydrogen-bond donors (Lipinski definition) is 1. The number of benzene rings is 2. The number of amides is 1. The van der Waals surface area contributed by atoms with E-state index in [0.29, 0.717) is 37.7 Å². The fourth-order valence-corrected chi connectivity index (χ4v) is 2.74. The van der Waals surface area contributed by atoms with Crippen LogP contribution < -0.4 is 10.2 Å². The summed E-state index contributed by atoms with van der Waals surface area (Å²) < 4.78 is 11.0. The number of morpholine rings is 1. The van der Waals surface area contributed by atoms with E-state index in [2.05, 4.69) is 16.6 Å². The first-order valence-corrected chi connectivity index (χ1v) is 9.07. The first-order valence-electron chi connectivity index (χ1n) is 9.07. The SMILES string of the molecule is N#Cc1ccccc1COc1ccc(/C=N\NC(=O)CN2CCOCC2)cc1. The maximum absolute atomic E-state index is 11.9. The van der Waals surface area contributed by atoms with E-state index in [-0.39, 0.29) is 5.91 Å². The minimum Gasteiger partial charge on any atom is -0.489 e. The van der Waals surface area contributed by atoms with Gasteiger partial charge in [-0.3, -0.25) is 9.69 Å². The van der Waals surface area contributed by atoms with Crippen LogP contribution in [0.25, 0.3) is 0 Å². The predicted molar refractivity (Wildman–Crippen MR) is 105 cm³/mol. The zero-order chi connectivity index (χ0) is 19.6. The fourth-order valence-electron chi connectivity index (χ4n) is 2.74. The highest BCUT2D eigenvalue weighted by Crippen LogP contribution is 2.15. The van der Waals surface area contributed by atoms with Crippen LogP contribution in [0.5, 0.6) is 5.75 Å². The highest BCUT2D eigenvalue weighted by atomic mass is 16.5. The highest BCUT2D eigenvalue weighted by molar-refractivity contribution is 5.83. The third-order valence-corrected chi connectivity index (χ3v) is 4.29. The first kappa shape index (κ1) is 19.5. The van der Waals surface area contributed by atoms with Gasteiger partial charge in [0.1, 0.15) is 12.4 Å². The lowest BCUT2D eigenvalue weighted by Gasteiger charge is -2.25. The Morgan fingerprint density at radius 2 is 1.96 bits per heavy atom. The molecule has 0 unspecified atom stereocenters. The van der Waals surface area contributed by atoms with Crippen molar-refractivity contribution in [3.05, 3.63) is 65.2 Å². The van der Waals surface area contributed by atoms with Crippen LogP contribution in [0.3, 0.4) is 0 Å². The summed E-state index contributed by atoms with van der Waals surface area (Å²) in [6.45, 7) is 3.49. The van der Waals surface area contributed by atoms with Crippen LogP contribution in [0.15, 0.2) is 53.6 Å². The van der Waals surface area contributed by atoms with E-state index in [0.717, 1.165) is 24.2 Å². The fraction of sp³-hybridized carbons (Fsp3) is 0.286. The summed E-state index contributed by atoms with van der Waals surface area (Å²) in [5, 5.41) is 13.1. The zero-order valence-corrected chi connectivity index (χ0v) is 15.5. The van der Waals surface area contributed by atoms with Crippen molar-refractivity contribution in [2.24, 2.45) is 5.10 Å². The van der Waals surface area contributed by atoms with Crippen LogP contribution in [0.4, 0.5) is 0 Å². The highest BCUT2D eigenvalue weighted by Gasteiger charge is 2.13. The summed E-state index contributed by atoms with van der Waals surface area (Å²) in [4.78, 5) is 13.9. The number of carbonyl (C=O) groups is 1. The average molecular weight is 378 g/mol. The van der Waals surface area contributed by atoms with Crippen LogP contribution in [0.2, 0.25) is 0 Å². The van der Waals surface area contributed by atoms with Crippen molar-refractivity contribution >= 4 is 12.1 Å². The Labute approximate surface area is 164 Å². The van der Waals surface area contributed by atoms with Crippen molar-refractivity contribution < 1.29 is 14.3 Å². The molecule has 1 aliphatic heterocycles. The Bertz CT molecular complexity index is 853. The van der Waals surface area contributed by atoms with E-state index < -0.39 is 0 Å². The van der Waals surface area contributed by atoms with Gasteiger partial charge in [0.15, 0.2) is 0 Å². The minimum absolute atomic E-state index is 0.144. The quantitative estimate of drug-likeness (QED) is 0.588. The van der Waals surface area contributed by atoms with E-state index >= 15 is 0 Å². The number of ether oxygens (including phenoxy) is 2. The van der Waals surface area contributed by atoms with E-state index in [4.69, 9.17) is 14.7 Å². The number of rotatable bonds is 7. The molecular formula is C21H22N4O3. The van der Waals surface area contributed by atoms with Gasteiger partial charge < -0.3 is 9.47 Å². The lowest BCUT2D eigenvalue weighted by Crippen LogP contribution is -2.42. The molecule has 2 aromatic carbocycles. The minimum atomic E-state index is -0.144. The molecule has 0 atom stereocenters. The summed E-state index contributed by atoms with van der Waals surface area (Å²) in [5.41, 5.74) is 4.84. The standard InChI is InChI=1S/C21H22N4O3/c22-13-18-3-1-2-4-19(18)16-28-20-7-5-17(6-8-20)14-23-24-21(26)15-25-9-11-27-12-10-25/h1-8,14H,9-12,15-16H2,(H,24,26)/b23-14-. The third kappa shape index (κ3) is 5.91. The second kappa shape index (κ2) is 10.2. The molecule has 1 saturated heterocycles. The third-order valence-electron chi connectivity index (χ3n) is 4.29. The van der Waals surface area contributed by atoms with Gasteiger partial charge in [-0.2, -0.15) is 10.4 Å². The lowest BCUT2D eigenvalue weighted by atomic mass is 10.1. The molecular weight excluding hydrogens is 356 g/mol. The van der Waals surface area contributed by atoms with Crippen molar-refractivity contribution in [3.63, 3.8) is 0 Å². The van der Waals surface area contributed by atoms with Crippen LogP contribution in [0, 0.1) is 11.3 Å². The van der Waals surface area contributed by atoms with Crippen LogP contribution in [-0.4, -0.2) is 49.9 Å². The molecule has 0 bridgehead atoms. The second-order valence-corrected chi connectivity index (χ2v) is 6.31. The van der Waals surface area contributed by atoms with Crippen LogP contribution in [0.1, 0.15) is 16.7 Å². The van der Waals surface area contributed by atoms with Crippen LogP contribution >= 0.6 is 0 Å². The molecule has 0 saturated carbocycles. The number of carbonyl (C=O) groups excluding carboxylic acids is 1. The van der Waals surface area contributed by atoms with Gasteiger partial charge in [0.25, 0.3) is 5.91 Å². The van der Waals surface area contributed by atoms with Crippen molar-refractivity contribution in [1.29, 1.82) is 5.26 Å². The summed E-state index contributed by atoms with van der Waals surface area (Å²) in [5.74, 6) is 0.551. The number of hydrogen-bond acceptors (Lipinski definition) is 6. The van der Waals surface area contributed by atoms with Crippen molar-refractivity contribution in [1.82, 2.24) is 10.3 Å². The van der Waals surface area contributed by atoms with Gasteiger partial charge in [-0.1, -0.05) is 18.2 Å². The van der Waals surface area contributed by atoms with Crippen molar-refractivity contribution in [2.75, 3.05) is 32.8 Å². The monoisotopic (exact) mass is 378 g/mol. The molecule has 1 fully saturated rings. The Morgan fingerprint density at radius 3 is 2.71 bits per heavy atom. The normalized spacial score (nSPS) is 14.5. The molecule has 1 N–H and O–H groups in total. The van der Waals surface area contributed by atoms with Gasteiger partial charge >= 0.3 is 0 Å². The van der Waals surface area contributed by atoms with Crippen LogP contribution in [-0.2, 0) is 16.1 Å². The molecule has 144 valence electrons. The maximum atomic E-state index is 11.9. The zero-order valence-electron chi connectivity index (χ0n) is 15.5. The average Bonchev–Trinajstić information content (AvgIpc) is 2.74. The lowest BCUT2D eigenvalue weighted by molar-refractivity contribution is -0.123. The summed E-state index contributed by atoms with van der Waals surface area (Å²) in [6.07, 6.45) is 1.59. The largest absolute Gasteiger partial charge is 0.489 e. The molecule has 0 aliphatic carbocycles. The number of nitrogens with one attached hydrogen (secondary N) is 1. The first-order chi connectivity index (χ1) is 13.7. The molecule has 1 heterocycles. The molecule has 2 aromatic rings. The molecule has 28 heavy (non-hydrogen) atoms. The molecule has 7 heteroatoms. The molecule has 1 amide bonds. The Morgan fingerprint density at radius 1 is 1.21 bits per heavy atom. The second-order valence-electron chi connectivity index (χ2n) is 6.31. The van der Waals surface area contributed by atoms with Gasteiger partial charge in [0, 0.05) is 18.7 Å². The molecule has 0 radical (unpaired) electrons. The molecule has 3 rings (SSSR count). The Kier molecular flexibility index (Phi) is 7.13. The Balaban J connectivity index is 1.45. The smallest absolute Gasteiger partial charge is 0.254 e. The summed E-state index contributed by atoms with van der Waals surface area (Å²) >= 11 is 0. The van der Waals surface area contributed by atoms with E-state index in [1.165, 1.54) is 0 Å². The molecule has 7 nitrogen and oxygen atoms in total. The van der Waals surface area contributed by atoms with Gasteiger partial charge in [-0.15, -0.1) is 0 Å². The van der Waals surface area contributed by atoms with Gasteiger partial charge in [-0.25, -0.2) is 5.43 Å². The number of hydrazone groups is 1. The summed E-state index contributed by atoms with van der Waals surface area (Å²) in [7, 11) is 0. The maximum Gasteiger partial charge on any atom is 0.254 e.